The predicted molar refractivity (Wildman–Crippen MR) is 117 cm³/mol. The van der Waals surface area contributed by atoms with Crippen LogP contribution in [0.3, 0.4) is 0 Å². The summed E-state index contributed by atoms with van der Waals surface area (Å²) >= 11 is 5.97. The second-order valence-corrected chi connectivity index (χ2v) is 7.45. The Morgan fingerprint density at radius 3 is 2.21 bits per heavy atom. The largest absolute Gasteiger partial charge is 0.497 e. The summed E-state index contributed by atoms with van der Waals surface area (Å²) < 4.78 is 10.4. The Hall–Kier alpha value is -2.44. The van der Waals surface area contributed by atoms with Crippen LogP contribution in [0.2, 0.25) is 5.02 Å². The number of nitrogens with one attached hydrogen (secondary N) is 1. The molecule has 0 atom stereocenters. The molecule has 6 nitrogen and oxygen atoms in total. The Morgan fingerprint density at radius 2 is 1.62 bits per heavy atom. The number of halogens is 1. The Morgan fingerprint density at radius 1 is 1.00 bits per heavy atom. The van der Waals surface area contributed by atoms with E-state index in [-0.39, 0.29) is 5.91 Å². The number of carbonyl (C=O) groups is 1. The lowest BCUT2D eigenvalue weighted by Crippen LogP contribution is -2.47. The van der Waals surface area contributed by atoms with Gasteiger partial charge in [-0.1, -0.05) is 11.6 Å². The Bertz CT molecular complexity index is 783. The Kier molecular flexibility index (Phi) is 7.61. The molecule has 0 radical (unpaired) electrons. The monoisotopic (exact) mass is 417 g/mol. The van der Waals surface area contributed by atoms with E-state index in [9.17, 15) is 4.79 Å². The third-order valence-electron chi connectivity index (χ3n) is 5.11. The van der Waals surface area contributed by atoms with Crippen molar-refractivity contribution in [1.82, 2.24) is 10.2 Å². The topological polar surface area (TPSA) is 54.0 Å². The van der Waals surface area contributed by atoms with Gasteiger partial charge in [0.05, 0.1) is 14.2 Å². The average molecular weight is 418 g/mol. The van der Waals surface area contributed by atoms with Crippen LogP contribution in [-0.4, -0.2) is 64.3 Å². The number of nitrogens with zero attached hydrogens (tertiary/aromatic N) is 2. The fraction of sp³-hybridized carbons (Fsp3) is 0.409. The van der Waals surface area contributed by atoms with Gasteiger partial charge in [-0.2, -0.15) is 0 Å². The lowest BCUT2D eigenvalue weighted by molar-refractivity contribution is 0.0950. The van der Waals surface area contributed by atoms with Crippen molar-refractivity contribution in [3.8, 4) is 11.5 Å². The summed E-state index contributed by atoms with van der Waals surface area (Å²) in [6.07, 6.45) is 0.911. The van der Waals surface area contributed by atoms with E-state index in [0.717, 1.165) is 44.2 Å². The van der Waals surface area contributed by atoms with E-state index in [1.165, 1.54) is 5.69 Å². The van der Waals surface area contributed by atoms with Crippen molar-refractivity contribution in [2.75, 3.05) is 58.4 Å². The van der Waals surface area contributed by atoms with Crippen molar-refractivity contribution in [3.05, 3.63) is 53.1 Å². The molecule has 2 aromatic carbocycles. The molecule has 156 valence electrons. The number of piperazine rings is 1. The highest BCUT2D eigenvalue weighted by Crippen LogP contribution is 2.22. The first kappa shape index (κ1) is 21.3. The number of ether oxygens (including phenoxy) is 2. The highest BCUT2D eigenvalue weighted by Gasteiger charge is 2.17. The van der Waals surface area contributed by atoms with Gasteiger partial charge in [-0.3, -0.25) is 9.69 Å². The molecule has 1 aliphatic rings. The molecule has 0 unspecified atom stereocenters. The molecule has 0 aromatic heterocycles. The number of anilines is 1. The predicted octanol–water partition coefficient (Wildman–Crippen LogP) is 3.30. The van der Waals surface area contributed by atoms with Crippen LogP contribution in [-0.2, 0) is 0 Å². The third kappa shape index (κ3) is 6.02. The number of rotatable bonds is 8. The van der Waals surface area contributed by atoms with Gasteiger partial charge in [0.2, 0.25) is 0 Å². The fourth-order valence-corrected chi connectivity index (χ4v) is 3.55. The second kappa shape index (κ2) is 10.4. The molecule has 1 fully saturated rings. The molecule has 7 heteroatoms. The molecule has 1 amide bonds. The van der Waals surface area contributed by atoms with Crippen LogP contribution in [0.25, 0.3) is 0 Å². The highest BCUT2D eigenvalue weighted by molar-refractivity contribution is 6.30. The average Bonchev–Trinajstić information content (AvgIpc) is 2.77. The maximum Gasteiger partial charge on any atom is 0.251 e. The summed E-state index contributed by atoms with van der Waals surface area (Å²) in [5.74, 6) is 1.09. The number of hydrogen-bond acceptors (Lipinski definition) is 5. The standard InChI is InChI=1S/C22H28ClN3O3/c1-28-20-14-17(15-21(16-20)29-2)22(27)24-8-3-9-25-10-12-26(13-11-25)19-6-4-18(23)5-7-19/h4-7,14-16H,3,8-13H2,1-2H3,(H,24,27). The van der Waals surface area contributed by atoms with E-state index in [0.29, 0.717) is 23.6 Å². The molecule has 2 aromatic rings. The van der Waals surface area contributed by atoms with E-state index < -0.39 is 0 Å². The van der Waals surface area contributed by atoms with Crippen LogP contribution in [0.5, 0.6) is 11.5 Å². The van der Waals surface area contributed by atoms with Crippen molar-refractivity contribution in [2.45, 2.75) is 6.42 Å². The van der Waals surface area contributed by atoms with E-state index in [4.69, 9.17) is 21.1 Å². The van der Waals surface area contributed by atoms with E-state index >= 15 is 0 Å². The van der Waals surface area contributed by atoms with Crippen LogP contribution in [0, 0.1) is 0 Å². The van der Waals surface area contributed by atoms with Crippen molar-refractivity contribution in [3.63, 3.8) is 0 Å². The molecule has 1 saturated heterocycles. The number of methoxy groups -OCH3 is 2. The highest BCUT2D eigenvalue weighted by atomic mass is 35.5. The van der Waals surface area contributed by atoms with Gasteiger partial charge >= 0.3 is 0 Å². The molecular formula is C22H28ClN3O3. The van der Waals surface area contributed by atoms with Gasteiger partial charge < -0.3 is 19.7 Å². The molecular weight excluding hydrogens is 390 g/mol. The zero-order chi connectivity index (χ0) is 20.6. The SMILES string of the molecule is COc1cc(OC)cc(C(=O)NCCCN2CCN(c3ccc(Cl)cc3)CC2)c1. The van der Waals surface area contributed by atoms with Crippen LogP contribution < -0.4 is 19.7 Å². The number of amides is 1. The van der Waals surface area contributed by atoms with Gasteiger partial charge in [0.15, 0.2) is 0 Å². The first-order chi connectivity index (χ1) is 14.1. The van der Waals surface area contributed by atoms with Crippen LogP contribution in [0.1, 0.15) is 16.8 Å². The molecule has 3 rings (SSSR count). The van der Waals surface area contributed by atoms with Crippen molar-refractivity contribution in [1.29, 1.82) is 0 Å². The van der Waals surface area contributed by atoms with Crippen LogP contribution in [0.15, 0.2) is 42.5 Å². The fourth-order valence-electron chi connectivity index (χ4n) is 3.43. The first-order valence-corrected chi connectivity index (χ1v) is 10.2. The molecule has 0 saturated carbocycles. The lowest BCUT2D eigenvalue weighted by Gasteiger charge is -2.36. The lowest BCUT2D eigenvalue weighted by atomic mass is 10.2. The van der Waals surface area contributed by atoms with Crippen molar-refractivity contribution in [2.24, 2.45) is 0 Å². The van der Waals surface area contributed by atoms with E-state index in [2.05, 4.69) is 27.2 Å². The zero-order valence-corrected chi connectivity index (χ0v) is 17.7. The summed E-state index contributed by atoms with van der Waals surface area (Å²) in [5, 5.41) is 3.75. The minimum atomic E-state index is -0.116. The summed E-state index contributed by atoms with van der Waals surface area (Å²) in [5.41, 5.74) is 1.76. The Balaban J connectivity index is 1.39. The molecule has 0 aliphatic carbocycles. The maximum atomic E-state index is 12.4. The first-order valence-electron chi connectivity index (χ1n) is 9.83. The summed E-state index contributed by atoms with van der Waals surface area (Å²) in [6, 6.07) is 13.2. The third-order valence-corrected chi connectivity index (χ3v) is 5.37. The van der Waals surface area contributed by atoms with Gasteiger partial charge in [-0.05, 0) is 49.4 Å². The molecule has 0 bridgehead atoms. The molecule has 1 aliphatic heterocycles. The quantitative estimate of drug-likeness (QED) is 0.668. The smallest absolute Gasteiger partial charge is 0.251 e. The molecule has 1 N–H and O–H groups in total. The zero-order valence-electron chi connectivity index (χ0n) is 17.0. The number of benzene rings is 2. The van der Waals surface area contributed by atoms with Crippen LogP contribution >= 0.6 is 11.6 Å². The molecule has 29 heavy (non-hydrogen) atoms. The van der Waals surface area contributed by atoms with Gasteiger partial charge in [0.25, 0.3) is 5.91 Å². The van der Waals surface area contributed by atoms with Crippen molar-refractivity contribution < 1.29 is 14.3 Å². The van der Waals surface area contributed by atoms with Gasteiger partial charge in [-0.25, -0.2) is 0 Å². The molecule has 1 heterocycles. The summed E-state index contributed by atoms with van der Waals surface area (Å²) in [7, 11) is 3.15. The summed E-state index contributed by atoms with van der Waals surface area (Å²) in [6.45, 7) is 5.63. The minimum Gasteiger partial charge on any atom is -0.497 e. The number of carbonyl (C=O) groups excluding carboxylic acids is 1. The van der Waals surface area contributed by atoms with E-state index in [1.807, 2.05) is 12.1 Å². The number of hydrogen-bond donors (Lipinski definition) is 1. The summed E-state index contributed by atoms with van der Waals surface area (Å²) in [4.78, 5) is 17.2. The van der Waals surface area contributed by atoms with E-state index in [1.54, 1.807) is 32.4 Å². The minimum absolute atomic E-state index is 0.116. The van der Waals surface area contributed by atoms with Crippen molar-refractivity contribution >= 4 is 23.2 Å². The molecule has 0 spiro atoms. The van der Waals surface area contributed by atoms with Gasteiger partial charge in [0.1, 0.15) is 11.5 Å². The van der Waals surface area contributed by atoms with Gasteiger partial charge in [0, 0.05) is 55.1 Å². The van der Waals surface area contributed by atoms with Gasteiger partial charge in [-0.15, -0.1) is 0 Å². The second-order valence-electron chi connectivity index (χ2n) is 7.02. The normalized spacial score (nSPS) is 14.5. The maximum absolute atomic E-state index is 12.4. The van der Waals surface area contributed by atoms with Crippen LogP contribution in [0.4, 0.5) is 5.69 Å². The Labute approximate surface area is 177 Å².